The van der Waals surface area contributed by atoms with E-state index in [1.807, 2.05) is 24.3 Å². The maximum absolute atomic E-state index is 11.1. The van der Waals surface area contributed by atoms with Crippen LogP contribution in [0.4, 0.5) is 5.82 Å². The van der Waals surface area contributed by atoms with Crippen molar-refractivity contribution < 1.29 is 9.53 Å². The number of nitrogens with one attached hydrogen (secondary N) is 1. The van der Waals surface area contributed by atoms with Gasteiger partial charge in [0, 0.05) is 24.8 Å². The number of methoxy groups -OCH3 is 1. The Morgan fingerprint density at radius 2 is 2.00 bits per heavy atom. The Bertz CT molecular complexity index is 625. The standard InChI is InChI=1S/C15H20N4O2.2ClH/c1-21-14(20)7-4-10-17-15-11-5-2-3-6-12(11)18-13(19-15)8-9-16;;/h2-3,5-6H,4,7-10,16H2,1H3,(H,17,18,19);2*1H. The molecule has 0 unspecified atom stereocenters. The smallest absolute Gasteiger partial charge is 0.305 e. The third kappa shape index (κ3) is 6.17. The topological polar surface area (TPSA) is 90.1 Å². The Hall–Kier alpha value is -1.63. The van der Waals surface area contributed by atoms with Gasteiger partial charge in [0.05, 0.1) is 12.6 Å². The zero-order chi connectivity index (χ0) is 15.1. The van der Waals surface area contributed by atoms with Crippen molar-refractivity contribution in [1.29, 1.82) is 0 Å². The minimum absolute atomic E-state index is 0. The lowest BCUT2D eigenvalue weighted by atomic mass is 10.2. The van der Waals surface area contributed by atoms with Gasteiger partial charge < -0.3 is 15.8 Å². The number of para-hydroxylation sites is 1. The van der Waals surface area contributed by atoms with Crippen LogP contribution in [0.5, 0.6) is 0 Å². The van der Waals surface area contributed by atoms with Crippen LogP contribution >= 0.6 is 24.8 Å². The molecular weight excluding hydrogens is 339 g/mol. The van der Waals surface area contributed by atoms with Gasteiger partial charge in [-0.3, -0.25) is 4.79 Å². The molecule has 0 atom stereocenters. The molecule has 23 heavy (non-hydrogen) atoms. The molecule has 2 rings (SSSR count). The van der Waals surface area contributed by atoms with Crippen molar-refractivity contribution in [2.24, 2.45) is 5.73 Å². The number of ether oxygens (including phenoxy) is 1. The highest BCUT2D eigenvalue weighted by Crippen LogP contribution is 2.20. The molecule has 128 valence electrons. The van der Waals surface area contributed by atoms with E-state index in [1.54, 1.807) is 0 Å². The van der Waals surface area contributed by atoms with Gasteiger partial charge in [-0.15, -0.1) is 24.8 Å². The zero-order valence-corrected chi connectivity index (χ0v) is 14.6. The maximum Gasteiger partial charge on any atom is 0.305 e. The molecule has 0 aliphatic rings. The average Bonchev–Trinajstić information content (AvgIpc) is 2.51. The summed E-state index contributed by atoms with van der Waals surface area (Å²) in [4.78, 5) is 20.1. The van der Waals surface area contributed by atoms with E-state index in [0.717, 1.165) is 22.5 Å². The highest BCUT2D eigenvalue weighted by molar-refractivity contribution is 5.89. The van der Waals surface area contributed by atoms with Crippen LogP contribution in [0, 0.1) is 0 Å². The van der Waals surface area contributed by atoms with Crippen molar-refractivity contribution in [1.82, 2.24) is 9.97 Å². The van der Waals surface area contributed by atoms with E-state index in [2.05, 4.69) is 20.0 Å². The number of hydrogen-bond acceptors (Lipinski definition) is 6. The molecule has 1 heterocycles. The molecule has 6 nitrogen and oxygen atoms in total. The van der Waals surface area contributed by atoms with Crippen LogP contribution < -0.4 is 11.1 Å². The van der Waals surface area contributed by atoms with E-state index in [0.29, 0.717) is 32.4 Å². The van der Waals surface area contributed by atoms with Crippen molar-refractivity contribution >= 4 is 47.5 Å². The van der Waals surface area contributed by atoms with Crippen molar-refractivity contribution in [3.63, 3.8) is 0 Å². The van der Waals surface area contributed by atoms with Crippen LogP contribution in [0.3, 0.4) is 0 Å². The fourth-order valence-electron chi connectivity index (χ4n) is 2.04. The Labute approximate surface area is 148 Å². The number of rotatable bonds is 7. The molecule has 0 bridgehead atoms. The van der Waals surface area contributed by atoms with Gasteiger partial charge in [0.15, 0.2) is 0 Å². The van der Waals surface area contributed by atoms with Gasteiger partial charge in [-0.05, 0) is 25.1 Å². The molecule has 8 heteroatoms. The van der Waals surface area contributed by atoms with E-state index >= 15 is 0 Å². The Morgan fingerprint density at radius 3 is 2.70 bits per heavy atom. The predicted octanol–water partition coefficient (Wildman–Crippen LogP) is 2.34. The largest absolute Gasteiger partial charge is 0.469 e. The fraction of sp³-hybridized carbons (Fsp3) is 0.400. The molecule has 0 amide bonds. The second-order valence-electron chi connectivity index (χ2n) is 4.65. The molecule has 0 spiro atoms. The number of benzene rings is 1. The molecule has 0 aliphatic carbocycles. The first-order valence-electron chi connectivity index (χ1n) is 7.01. The molecule has 3 N–H and O–H groups in total. The summed E-state index contributed by atoms with van der Waals surface area (Å²) >= 11 is 0. The molecule has 0 radical (unpaired) electrons. The number of carbonyl (C=O) groups excluding carboxylic acids is 1. The lowest BCUT2D eigenvalue weighted by Gasteiger charge is -2.10. The summed E-state index contributed by atoms with van der Waals surface area (Å²) in [5.41, 5.74) is 6.47. The second kappa shape index (κ2) is 11.0. The van der Waals surface area contributed by atoms with Crippen LogP contribution in [0.2, 0.25) is 0 Å². The van der Waals surface area contributed by atoms with E-state index in [9.17, 15) is 4.79 Å². The van der Waals surface area contributed by atoms with Gasteiger partial charge in [0.1, 0.15) is 11.6 Å². The monoisotopic (exact) mass is 360 g/mol. The van der Waals surface area contributed by atoms with Crippen molar-refractivity contribution in [3.05, 3.63) is 30.1 Å². The Morgan fingerprint density at radius 1 is 1.26 bits per heavy atom. The first kappa shape index (κ1) is 21.4. The highest BCUT2D eigenvalue weighted by atomic mass is 35.5. The van der Waals surface area contributed by atoms with Crippen molar-refractivity contribution in [2.75, 3.05) is 25.5 Å². The lowest BCUT2D eigenvalue weighted by molar-refractivity contribution is -0.140. The SMILES string of the molecule is COC(=O)CCCNc1nc(CCN)nc2ccccc12.Cl.Cl. The van der Waals surface area contributed by atoms with Gasteiger partial charge in [-0.2, -0.15) is 0 Å². The Balaban J connectivity index is 0.00000242. The number of hydrogen-bond donors (Lipinski definition) is 2. The summed E-state index contributed by atoms with van der Waals surface area (Å²) < 4.78 is 4.62. The minimum Gasteiger partial charge on any atom is -0.469 e. The third-order valence-corrected chi connectivity index (χ3v) is 3.10. The van der Waals surface area contributed by atoms with Gasteiger partial charge in [-0.25, -0.2) is 9.97 Å². The first-order valence-corrected chi connectivity index (χ1v) is 7.01. The molecule has 0 saturated carbocycles. The lowest BCUT2D eigenvalue weighted by Crippen LogP contribution is -2.11. The molecular formula is C15H22Cl2N4O2. The Kier molecular flexibility index (Phi) is 10.2. The summed E-state index contributed by atoms with van der Waals surface area (Å²) in [6.45, 7) is 1.16. The first-order chi connectivity index (χ1) is 10.2. The van der Waals surface area contributed by atoms with Crippen LogP contribution in [-0.4, -0.2) is 36.1 Å². The third-order valence-electron chi connectivity index (χ3n) is 3.10. The number of aromatic nitrogens is 2. The number of carbonyl (C=O) groups is 1. The molecule has 1 aromatic heterocycles. The summed E-state index contributed by atoms with van der Waals surface area (Å²) in [5, 5.41) is 4.24. The quantitative estimate of drug-likeness (QED) is 0.581. The van der Waals surface area contributed by atoms with Gasteiger partial charge in [-0.1, -0.05) is 12.1 Å². The van der Waals surface area contributed by atoms with Gasteiger partial charge in [0.25, 0.3) is 0 Å². The van der Waals surface area contributed by atoms with E-state index < -0.39 is 0 Å². The molecule has 0 saturated heterocycles. The molecule has 1 aromatic carbocycles. The highest BCUT2D eigenvalue weighted by Gasteiger charge is 2.07. The predicted molar refractivity (Wildman–Crippen MR) is 96.5 cm³/mol. The number of fused-ring (bicyclic) bond motifs is 1. The van der Waals surface area contributed by atoms with Crippen LogP contribution in [0.15, 0.2) is 24.3 Å². The van der Waals surface area contributed by atoms with Gasteiger partial charge in [0.2, 0.25) is 0 Å². The fourth-order valence-corrected chi connectivity index (χ4v) is 2.04. The number of nitrogens with zero attached hydrogens (tertiary/aromatic N) is 2. The number of anilines is 1. The van der Waals surface area contributed by atoms with E-state index in [-0.39, 0.29) is 30.8 Å². The summed E-state index contributed by atoms with van der Waals surface area (Å²) in [5.74, 6) is 1.31. The second-order valence-corrected chi connectivity index (χ2v) is 4.65. The summed E-state index contributed by atoms with van der Waals surface area (Å²) in [7, 11) is 1.40. The maximum atomic E-state index is 11.1. The molecule has 0 fully saturated rings. The van der Waals surface area contributed by atoms with Gasteiger partial charge >= 0.3 is 5.97 Å². The van der Waals surface area contributed by atoms with Crippen LogP contribution in [0.1, 0.15) is 18.7 Å². The summed E-state index contributed by atoms with van der Waals surface area (Å²) in [6, 6.07) is 7.83. The van der Waals surface area contributed by atoms with Crippen molar-refractivity contribution in [3.8, 4) is 0 Å². The average molecular weight is 361 g/mol. The number of halogens is 2. The number of esters is 1. The number of nitrogens with two attached hydrogens (primary N) is 1. The van der Waals surface area contributed by atoms with Crippen molar-refractivity contribution in [2.45, 2.75) is 19.3 Å². The zero-order valence-electron chi connectivity index (χ0n) is 12.9. The van der Waals surface area contributed by atoms with Crippen LogP contribution in [0.25, 0.3) is 10.9 Å². The molecule has 2 aromatic rings. The molecule has 0 aliphatic heterocycles. The summed E-state index contributed by atoms with van der Waals surface area (Å²) in [6.07, 6.45) is 1.72. The minimum atomic E-state index is -0.201. The van der Waals surface area contributed by atoms with Crippen LogP contribution in [-0.2, 0) is 16.0 Å². The van der Waals surface area contributed by atoms with E-state index in [1.165, 1.54) is 7.11 Å². The van der Waals surface area contributed by atoms with E-state index in [4.69, 9.17) is 5.73 Å². The normalized spacial score (nSPS) is 9.65.